The third-order valence-electron chi connectivity index (χ3n) is 4.02. The number of nitrogens with one attached hydrogen (secondary N) is 2. The first-order valence-electron chi connectivity index (χ1n) is 8.20. The number of aryl methyl sites for hydroxylation is 1. The van der Waals surface area contributed by atoms with Gasteiger partial charge in [0, 0.05) is 9.92 Å². The van der Waals surface area contributed by atoms with Crippen LogP contribution in [0, 0.1) is 12.8 Å². The second-order valence-electron chi connectivity index (χ2n) is 6.10. The minimum atomic E-state index is -0.369. The average molecular weight is 391 g/mol. The van der Waals surface area contributed by atoms with Crippen LogP contribution in [0.1, 0.15) is 11.1 Å². The molecular weight excluding hydrogens is 372 g/mol. The number of hydrogen-bond donors (Lipinski definition) is 2. The number of ether oxygens (including phenoxy) is 1. The van der Waals surface area contributed by atoms with E-state index in [0.717, 1.165) is 16.2 Å². The Balaban J connectivity index is 1.45. The molecule has 26 heavy (non-hydrogen) atoms. The SMILES string of the molecule is Cc1ccc(SCC(=O)NNC(=O)[C@H]2COc3ccc(Cl)cc3C2)cc1. The van der Waals surface area contributed by atoms with Gasteiger partial charge in [-0.1, -0.05) is 29.3 Å². The summed E-state index contributed by atoms with van der Waals surface area (Å²) < 4.78 is 5.60. The summed E-state index contributed by atoms with van der Waals surface area (Å²) in [6, 6.07) is 13.3. The molecule has 1 heterocycles. The van der Waals surface area contributed by atoms with E-state index in [2.05, 4.69) is 10.9 Å². The van der Waals surface area contributed by atoms with Crippen LogP contribution < -0.4 is 15.6 Å². The van der Waals surface area contributed by atoms with Crippen molar-refractivity contribution in [1.82, 2.24) is 10.9 Å². The second-order valence-corrected chi connectivity index (χ2v) is 7.59. The molecule has 3 rings (SSSR count). The molecule has 0 spiro atoms. The first-order valence-corrected chi connectivity index (χ1v) is 9.57. The highest BCUT2D eigenvalue weighted by atomic mass is 35.5. The van der Waals surface area contributed by atoms with E-state index in [4.69, 9.17) is 16.3 Å². The molecule has 136 valence electrons. The zero-order valence-electron chi connectivity index (χ0n) is 14.3. The lowest BCUT2D eigenvalue weighted by atomic mass is 9.96. The minimum Gasteiger partial charge on any atom is -0.492 e. The molecule has 0 fully saturated rings. The zero-order chi connectivity index (χ0) is 18.5. The average Bonchev–Trinajstić information content (AvgIpc) is 2.65. The fraction of sp³-hybridized carbons (Fsp3) is 0.263. The summed E-state index contributed by atoms with van der Waals surface area (Å²) >= 11 is 7.40. The summed E-state index contributed by atoms with van der Waals surface area (Å²) in [5, 5.41) is 0.606. The van der Waals surface area contributed by atoms with Crippen molar-refractivity contribution in [2.24, 2.45) is 5.92 Å². The van der Waals surface area contributed by atoms with E-state index in [9.17, 15) is 9.59 Å². The lowest BCUT2D eigenvalue weighted by Gasteiger charge is -2.24. The van der Waals surface area contributed by atoms with E-state index < -0.39 is 0 Å². The Morgan fingerprint density at radius 2 is 1.96 bits per heavy atom. The van der Waals surface area contributed by atoms with Gasteiger partial charge in [-0.2, -0.15) is 0 Å². The number of carbonyl (C=O) groups is 2. The van der Waals surface area contributed by atoms with Gasteiger partial charge in [0.1, 0.15) is 12.4 Å². The second kappa shape index (κ2) is 8.47. The maximum atomic E-state index is 12.3. The van der Waals surface area contributed by atoms with E-state index >= 15 is 0 Å². The molecule has 2 aromatic carbocycles. The molecule has 0 aromatic heterocycles. The number of rotatable bonds is 4. The fourth-order valence-corrected chi connectivity index (χ4v) is 3.48. The third kappa shape index (κ3) is 4.93. The van der Waals surface area contributed by atoms with Gasteiger partial charge in [-0.05, 0) is 49.2 Å². The normalized spacial score (nSPS) is 15.5. The Bertz CT molecular complexity index is 811. The summed E-state index contributed by atoms with van der Waals surface area (Å²) in [4.78, 5) is 25.2. The van der Waals surface area contributed by atoms with Gasteiger partial charge >= 0.3 is 0 Å². The topological polar surface area (TPSA) is 67.4 Å². The summed E-state index contributed by atoms with van der Waals surface area (Å²) in [5.41, 5.74) is 7.00. The van der Waals surface area contributed by atoms with Crippen molar-refractivity contribution in [2.75, 3.05) is 12.4 Å². The maximum absolute atomic E-state index is 12.3. The molecule has 7 heteroatoms. The highest BCUT2D eigenvalue weighted by molar-refractivity contribution is 8.00. The molecule has 0 saturated heterocycles. The Morgan fingerprint density at radius 3 is 2.73 bits per heavy atom. The first kappa shape index (κ1) is 18.6. The number of thioether (sulfide) groups is 1. The van der Waals surface area contributed by atoms with Crippen molar-refractivity contribution < 1.29 is 14.3 Å². The number of halogens is 1. The van der Waals surface area contributed by atoms with Gasteiger partial charge in [0.2, 0.25) is 11.8 Å². The largest absolute Gasteiger partial charge is 0.492 e. The molecule has 0 unspecified atom stereocenters. The smallest absolute Gasteiger partial charge is 0.248 e. The Labute approximate surface area is 161 Å². The Kier molecular flexibility index (Phi) is 6.06. The van der Waals surface area contributed by atoms with E-state index in [1.165, 1.54) is 17.3 Å². The summed E-state index contributed by atoms with van der Waals surface area (Å²) in [6.07, 6.45) is 0.524. The lowest BCUT2D eigenvalue weighted by molar-refractivity contribution is -0.131. The van der Waals surface area contributed by atoms with Crippen LogP contribution >= 0.6 is 23.4 Å². The van der Waals surface area contributed by atoms with Crippen LogP contribution in [0.3, 0.4) is 0 Å². The van der Waals surface area contributed by atoms with Crippen molar-refractivity contribution >= 4 is 35.2 Å². The van der Waals surface area contributed by atoms with Crippen LogP contribution in [-0.4, -0.2) is 24.2 Å². The van der Waals surface area contributed by atoms with E-state index in [0.29, 0.717) is 11.4 Å². The van der Waals surface area contributed by atoms with Crippen LogP contribution in [0.4, 0.5) is 0 Å². The highest BCUT2D eigenvalue weighted by Crippen LogP contribution is 2.29. The van der Waals surface area contributed by atoms with Crippen LogP contribution in [0.15, 0.2) is 47.4 Å². The van der Waals surface area contributed by atoms with Crippen LogP contribution in [0.2, 0.25) is 5.02 Å². The molecule has 1 aliphatic heterocycles. The van der Waals surface area contributed by atoms with Crippen molar-refractivity contribution in [1.29, 1.82) is 0 Å². The molecule has 0 bridgehead atoms. The fourth-order valence-electron chi connectivity index (χ4n) is 2.58. The van der Waals surface area contributed by atoms with Crippen LogP contribution in [-0.2, 0) is 16.0 Å². The monoisotopic (exact) mass is 390 g/mol. The lowest BCUT2D eigenvalue weighted by Crippen LogP contribution is -2.47. The Morgan fingerprint density at radius 1 is 1.19 bits per heavy atom. The van der Waals surface area contributed by atoms with Gasteiger partial charge in [-0.3, -0.25) is 20.4 Å². The summed E-state index contributed by atoms with van der Waals surface area (Å²) in [5.74, 6) is 0.0690. The van der Waals surface area contributed by atoms with Gasteiger partial charge in [0.15, 0.2) is 0 Å². The van der Waals surface area contributed by atoms with E-state index in [1.54, 1.807) is 18.2 Å². The molecule has 0 radical (unpaired) electrons. The molecule has 0 saturated carbocycles. The molecule has 2 aromatic rings. The molecule has 0 aliphatic carbocycles. The van der Waals surface area contributed by atoms with Gasteiger partial charge < -0.3 is 4.74 Å². The van der Waals surface area contributed by atoms with Crippen LogP contribution in [0.5, 0.6) is 5.75 Å². The number of fused-ring (bicyclic) bond motifs is 1. The van der Waals surface area contributed by atoms with Gasteiger partial charge in [-0.15, -0.1) is 11.8 Å². The number of carbonyl (C=O) groups excluding carboxylic acids is 2. The van der Waals surface area contributed by atoms with Gasteiger partial charge in [0.05, 0.1) is 11.7 Å². The molecular formula is C19H19ClN2O3S. The van der Waals surface area contributed by atoms with Gasteiger partial charge in [-0.25, -0.2) is 0 Å². The van der Waals surface area contributed by atoms with Gasteiger partial charge in [0.25, 0.3) is 0 Å². The van der Waals surface area contributed by atoms with Crippen molar-refractivity contribution in [3.05, 3.63) is 58.6 Å². The number of benzene rings is 2. The zero-order valence-corrected chi connectivity index (χ0v) is 15.8. The molecule has 5 nitrogen and oxygen atoms in total. The predicted octanol–water partition coefficient (Wildman–Crippen LogP) is 3.14. The molecule has 2 N–H and O–H groups in total. The predicted molar refractivity (Wildman–Crippen MR) is 102 cm³/mol. The standard InChI is InChI=1S/C19H19ClN2O3S/c1-12-2-5-16(6-3-12)26-11-18(23)21-22-19(24)14-8-13-9-15(20)4-7-17(13)25-10-14/h2-7,9,14H,8,10-11H2,1H3,(H,21,23)(H,22,24)/t14-/m1/s1. The highest BCUT2D eigenvalue weighted by Gasteiger charge is 2.26. The number of hydrazine groups is 1. The van der Waals surface area contributed by atoms with E-state index in [1.807, 2.05) is 31.2 Å². The number of amides is 2. The maximum Gasteiger partial charge on any atom is 0.248 e. The van der Waals surface area contributed by atoms with E-state index in [-0.39, 0.29) is 30.1 Å². The van der Waals surface area contributed by atoms with Crippen molar-refractivity contribution in [2.45, 2.75) is 18.2 Å². The number of hydrogen-bond acceptors (Lipinski definition) is 4. The summed E-state index contributed by atoms with van der Waals surface area (Å²) in [7, 11) is 0. The first-order chi connectivity index (χ1) is 12.5. The molecule has 2 amide bonds. The minimum absolute atomic E-state index is 0.225. The van der Waals surface area contributed by atoms with Crippen LogP contribution in [0.25, 0.3) is 0 Å². The molecule has 1 atom stereocenters. The molecule has 1 aliphatic rings. The summed E-state index contributed by atoms with van der Waals surface area (Å²) in [6.45, 7) is 2.28. The quantitative estimate of drug-likeness (QED) is 0.621. The third-order valence-corrected chi connectivity index (χ3v) is 5.26. The van der Waals surface area contributed by atoms with Crippen molar-refractivity contribution in [3.8, 4) is 5.75 Å². The Hall–Kier alpha value is -2.18. The van der Waals surface area contributed by atoms with Crippen molar-refractivity contribution in [3.63, 3.8) is 0 Å².